The lowest BCUT2D eigenvalue weighted by Crippen LogP contribution is -2.14. The van der Waals surface area contributed by atoms with Crippen LogP contribution in [-0.4, -0.2) is 24.3 Å². The number of nitrogens with two attached hydrogens (primary N) is 1. The molecule has 0 amide bonds. The van der Waals surface area contributed by atoms with Crippen LogP contribution in [0.25, 0.3) is 17.0 Å². The SMILES string of the molecule is C/C=C/c1ccc(OCC)c(OCCCC(C)Oc2cccc3ccc(N)nc23)c1. The maximum atomic E-state index is 6.14. The zero-order valence-electron chi connectivity index (χ0n) is 17.9. The standard InChI is InChI=1S/C25H30N2O3/c1-4-8-19-12-14-21(28-5-2)23(17-19)29-16-7-9-18(3)30-22-11-6-10-20-13-15-24(26)27-25(20)22/h4,6,8,10-15,17-18H,5,7,9,16H2,1-3H3,(H2,26,27)/b8-4+. The van der Waals surface area contributed by atoms with Crippen LogP contribution in [0.1, 0.15) is 39.2 Å². The third kappa shape index (κ3) is 5.66. The van der Waals surface area contributed by atoms with Crippen LogP contribution in [0.15, 0.2) is 54.6 Å². The van der Waals surface area contributed by atoms with Crippen molar-refractivity contribution in [2.45, 2.75) is 39.7 Å². The van der Waals surface area contributed by atoms with E-state index in [4.69, 9.17) is 19.9 Å². The molecule has 3 rings (SSSR count). The molecule has 0 bridgehead atoms. The Kier molecular flexibility index (Phi) is 7.55. The summed E-state index contributed by atoms with van der Waals surface area (Å²) in [7, 11) is 0. The van der Waals surface area contributed by atoms with Crippen LogP contribution in [0.4, 0.5) is 5.82 Å². The Labute approximate surface area is 178 Å². The number of ether oxygens (including phenoxy) is 3. The topological polar surface area (TPSA) is 66.6 Å². The third-order valence-electron chi connectivity index (χ3n) is 4.67. The first-order valence-corrected chi connectivity index (χ1v) is 10.4. The van der Waals surface area contributed by atoms with Gasteiger partial charge in [0.2, 0.25) is 0 Å². The van der Waals surface area contributed by atoms with Gasteiger partial charge < -0.3 is 19.9 Å². The summed E-state index contributed by atoms with van der Waals surface area (Å²) in [4.78, 5) is 4.42. The lowest BCUT2D eigenvalue weighted by Gasteiger charge is -2.17. The lowest BCUT2D eigenvalue weighted by molar-refractivity contribution is 0.193. The number of nitrogens with zero attached hydrogens (tertiary/aromatic N) is 1. The van der Waals surface area contributed by atoms with Crippen molar-refractivity contribution in [1.82, 2.24) is 4.98 Å². The molecule has 0 fully saturated rings. The zero-order valence-corrected chi connectivity index (χ0v) is 17.9. The molecule has 0 saturated heterocycles. The smallest absolute Gasteiger partial charge is 0.161 e. The van der Waals surface area contributed by atoms with Crippen molar-refractivity contribution >= 4 is 22.8 Å². The number of anilines is 1. The molecule has 2 N–H and O–H groups in total. The van der Waals surface area contributed by atoms with Crippen molar-refractivity contribution in [3.05, 3.63) is 60.2 Å². The van der Waals surface area contributed by atoms with E-state index in [-0.39, 0.29) is 6.10 Å². The van der Waals surface area contributed by atoms with Gasteiger partial charge in [0.1, 0.15) is 17.1 Å². The molecule has 1 unspecified atom stereocenters. The molecule has 0 radical (unpaired) electrons. The summed E-state index contributed by atoms with van der Waals surface area (Å²) in [5, 5.41) is 1.02. The van der Waals surface area contributed by atoms with Gasteiger partial charge in [-0.15, -0.1) is 0 Å². The number of para-hydroxylation sites is 1. The van der Waals surface area contributed by atoms with Gasteiger partial charge in [-0.2, -0.15) is 0 Å². The van der Waals surface area contributed by atoms with Crippen LogP contribution in [0.3, 0.4) is 0 Å². The molecule has 3 aromatic rings. The summed E-state index contributed by atoms with van der Waals surface area (Å²) in [5.74, 6) is 2.79. The van der Waals surface area contributed by atoms with E-state index >= 15 is 0 Å². The van der Waals surface area contributed by atoms with Gasteiger partial charge in [-0.1, -0.05) is 30.4 Å². The van der Waals surface area contributed by atoms with Gasteiger partial charge in [-0.05, 0) is 69.5 Å². The van der Waals surface area contributed by atoms with Gasteiger partial charge in [-0.3, -0.25) is 0 Å². The molecule has 5 heteroatoms. The van der Waals surface area contributed by atoms with Crippen molar-refractivity contribution in [3.63, 3.8) is 0 Å². The highest BCUT2D eigenvalue weighted by Crippen LogP contribution is 2.30. The Morgan fingerprint density at radius 2 is 1.90 bits per heavy atom. The minimum absolute atomic E-state index is 0.0307. The van der Waals surface area contributed by atoms with Gasteiger partial charge in [0.15, 0.2) is 11.5 Å². The number of aromatic nitrogens is 1. The van der Waals surface area contributed by atoms with Crippen LogP contribution in [-0.2, 0) is 0 Å². The quantitative estimate of drug-likeness (QED) is 0.426. The summed E-state index contributed by atoms with van der Waals surface area (Å²) >= 11 is 0. The average Bonchev–Trinajstić information content (AvgIpc) is 2.73. The molecule has 30 heavy (non-hydrogen) atoms. The molecule has 1 heterocycles. The molecule has 2 aromatic carbocycles. The molecule has 0 aliphatic heterocycles. The van der Waals surface area contributed by atoms with Crippen molar-refractivity contribution in [2.75, 3.05) is 18.9 Å². The number of pyridine rings is 1. The molecule has 0 aliphatic rings. The summed E-state index contributed by atoms with van der Waals surface area (Å²) in [5.41, 5.74) is 7.73. The number of benzene rings is 2. The Bertz CT molecular complexity index is 1000. The second-order valence-electron chi connectivity index (χ2n) is 7.12. The van der Waals surface area contributed by atoms with E-state index in [9.17, 15) is 0 Å². The summed E-state index contributed by atoms with van der Waals surface area (Å²) in [6.07, 6.45) is 5.80. The predicted octanol–water partition coefficient (Wildman–Crippen LogP) is 5.88. The molecule has 1 atom stereocenters. The van der Waals surface area contributed by atoms with E-state index in [1.165, 1.54) is 0 Å². The molecule has 0 saturated carbocycles. The third-order valence-corrected chi connectivity index (χ3v) is 4.67. The van der Waals surface area contributed by atoms with E-state index in [1.807, 2.05) is 68.5 Å². The molecule has 1 aromatic heterocycles. The predicted molar refractivity (Wildman–Crippen MR) is 123 cm³/mol. The average molecular weight is 407 g/mol. The van der Waals surface area contributed by atoms with Gasteiger partial charge >= 0.3 is 0 Å². The van der Waals surface area contributed by atoms with Crippen LogP contribution >= 0.6 is 0 Å². The molecule has 0 aliphatic carbocycles. The maximum Gasteiger partial charge on any atom is 0.161 e. The Morgan fingerprint density at radius 3 is 2.70 bits per heavy atom. The van der Waals surface area contributed by atoms with Gasteiger partial charge in [0.05, 0.1) is 19.3 Å². The van der Waals surface area contributed by atoms with E-state index in [0.29, 0.717) is 19.0 Å². The minimum Gasteiger partial charge on any atom is -0.490 e. The van der Waals surface area contributed by atoms with E-state index in [1.54, 1.807) is 6.07 Å². The first-order valence-electron chi connectivity index (χ1n) is 10.4. The van der Waals surface area contributed by atoms with Crippen LogP contribution in [0.2, 0.25) is 0 Å². The normalized spacial score (nSPS) is 12.2. The van der Waals surface area contributed by atoms with E-state index in [2.05, 4.69) is 11.9 Å². The molecule has 5 nitrogen and oxygen atoms in total. The highest BCUT2D eigenvalue weighted by molar-refractivity contribution is 5.85. The van der Waals surface area contributed by atoms with Crippen LogP contribution in [0, 0.1) is 0 Å². The number of rotatable bonds is 10. The van der Waals surface area contributed by atoms with E-state index < -0.39 is 0 Å². The lowest BCUT2D eigenvalue weighted by atomic mass is 10.2. The van der Waals surface area contributed by atoms with Crippen LogP contribution < -0.4 is 19.9 Å². The Morgan fingerprint density at radius 1 is 1.03 bits per heavy atom. The van der Waals surface area contributed by atoms with Gasteiger partial charge in [0, 0.05) is 5.39 Å². The number of hydrogen-bond donors (Lipinski definition) is 1. The zero-order chi connectivity index (χ0) is 21.3. The molecular formula is C25H30N2O3. The highest BCUT2D eigenvalue weighted by Gasteiger charge is 2.10. The number of fused-ring (bicyclic) bond motifs is 1. The fourth-order valence-corrected chi connectivity index (χ4v) is 3.27. The Hall–Kier alpha value is -3.21. The van der Waals surface area contributed by atoms with Crippen molar-refractivity contribution in [2.24, 2.45) is 0 Å². The largest absolute Gasteiger partial charge is 0.490 e. The molecular weight excluding hydrogens is 376 g/mol. The number of nitrogen functional groups attached to an aromatic ring is 1. The van der Waals surface area contributed by atoms with Crippen molar-refractivity contribution in [3.8, 4) is 17.2 Å². The molecule has 0 spiro atoms. The summed E-state index contributed by atoms with van der Waals surface area (Å²) < 4.78 is 17.8. The van der Waals surface area contributed by atoms with Gasteiger partial charge in [0.25, 0.3) is 0 Å². The summed E-state index contributed by atoms with van der Waals surface area (Å²) in [6.45, 7) is 7.22. The second-order valence-corrected chi connectivity index (χ2v) is 7.12. The van der Waals surface area contributed by atoms with Crippen LogP contribution in [0.5, 0.6) is 17.2 Å². The summed E-state index contributed by atoms with van der Waals surface area (Å²) in [6, 6.07) is 15.7. The van der Waals surface area contributed by atoms with Gasteiger partial charge in [-0.25, -0.2) is 4.98 Å². The fourth-order valence-electron chi connectivity index (χ4n) is 3.27. The second kappa shape index (κ2) is 10.5. The highest BCUT2D eigenvalue weighted by atomic mass is 16.5. The van der Waals surface area contributed by atoms with Crippen molar-refractivity contribution < 1.29 is 14.2 Å². The first-order chi connectivity index (χ1) is 14.6. The monoisotopic (exact) mass is 406 g/mol. The Balaban J connectivity index is 1.56. The molecule has 158 valence electrons. The van der Waals surface area contributed by atoms with E-state index in [0.717, 1.165) is 46.6 Å². The maximum absolute atomic E-state index is 6.14. The number of hydrogen-bond acceptors (Lipinski definition) is 5. The first kappa shape index (κ1) is 21.5. The van der Waals surface area contributed by atoms with Crippen molar-refractivity contribution in [1.29, 1.82) is 0 Å². The number of allylic oxidation sites excluding steroid dienone is 1. The fraction of sp³-hybridized carbons (Fsp3) is 0.320. The minimum atomic E-state index is 0.0307.